The zero-order chi connectivity index (χ0) is 12.2. The van der Waals surface area contributed by atoms with Crippen LogP contribution in [0.15, 0.2) is 18.5 Å². The molecular weight excluding hydrogens is 236 g/mol. The maximum atomic E-state index is 10.6. The first-order chi connectivity index (χ1) is 7.40. The van der Waals surface area contributed by atoms with Crippen LogP contribution >= 0.6 is 0 Å². The minimum absolute atomic E-state index is 0.00366. The molecule has 1 rings (SSSR count). The van der Waals surface area contributed by atoms with Gasteiger partial charge in [-0.2, -0.15) is 0 Å². The van der Waals surface area contributed by atoms with Crippen molar-refractivity contribution in [3.8, 4) is 0 Å². The summed E-state index contributed by atoms with van der Waals surface area (Å²) in [6.07, 6.45) is 2.45. The third-order valence-electron chi connectivity index (χ3n) is 1.70. The highest BCUT2D eigenvalue weighted by Gasteiger charge is 2.13. The van der Waals surface area contributed by atoms with Gasteiger partial charge in [-0.15, -0.1) is 0 Å². The molecule has 0 aliphatic carbocycles. The summed E-state index contributed by atoms with van der Waals surface area (Å²) in [5.74, 6) is -0.299. The summed E-state index contributed by atoms with van der Waals surface area (Å²) in [6, 6.07) is 1.39. The molecule has 8 nitrogen and oxygen atoms in total. The first-order valence-electron chi connectivity index (χ1n) is 4.23. The van der Waals surface area contributed by atoms with E-state index in [0.29, 0.717) is 0 Å². The molecule has 0 amide bonds. The van der Waals surface area contributed by atoms with Crippen LogP contribution < -0.4 is 10.5 Å². The molecule has 0 saturated carbocycles. The topological polar surface area (TPSA) is 128 Å². The van der Waals surface area contributed by atoms with E-state index in [1.165, 1.54) is 12.3 Å². The van der Waals surface area contributed by atoms with Crippen molar-refractivity contribution < 1.29 is 13.3 Å². The van der Waals surface area contributed by atoms with Gasteiger partial charge in [0.05, 0.1) is 10.7 Å². The number of primary sulfonamides is 1. The molecule has 3 N–H and O–H groups in total. The second-order valence-electron chi connectivity index (χ2n) is 2.94. The number of aromatic nitrogens is 1. The van der Waals surface area contributed by atoms with Crippen molar-refractivity contribution in [3.63, 3.8) is 0 Å². The molecule has 0 unspecified atom stereocenters. The van der Waals surface area contributed by atoms with Crippen LogP contribution in [-0.4, -0.2) is 30.6 Å². The van der Waals surface area contributed by atoms with E-state index in [-0.39, 0.29) is 23.7 Å². The Morgan fingerprint density at radius 2 is 2.25 bits per heavy atom. The minimum atomic E-state index is -3.58. The maximum Gasteiger partial charge on any atom is 0.310 e. The molecule has 0 aromatic carbocycles. The molecule has 0 fully saturated rings. The van der Waals surface area contributed by atoms with Gasteiger partial charge in [0.15, 0.2) is 0 Å². The van der Waals surface area contributed by atoms with Gasteiger partial charge in [-0.05, 0) is 6.07 Å². The Balaban J connectivity index is 2.71. The van der Waals surface area contributed by atoms with Gasteiger partial charge in [-0.3, -0.25) is 15.1 Å². The van der Waals surface area contributed by atoms with Gasteiger partial charge in [0.2, 0.25) is 10.0 Å². The Morgan fingerprint density at radius 3 is 2.81 bits per heavy atom. The van der Waals surface area contributed by atoms with Gasteiger partial charge in [-0.1, -0.05) is 0 Å². The molecule has 0 spiro atoms. The molecule has 0 aliphatic rings. The lowest BCUT2D eigenvalue weighted by Gasteiger charge is -2.04. The number of nitrogens with two attached hydrogens (primary N) is 1. The quantitative estimate of drug-likeness (QED) is 0.541. The Kier molecular flexibility index (Phi) is 3.74. The van der Waals surface area contributed by atoms with Gasteiger partial charge >= 0.3 is 5.69 Å². The van der Waals surface area contributed by atoms with Crippen LogP contribution in [0.4, 0.5) is 11.4 Å². The number of nitrogens with one attached hydrogen (secondary N) is 1. The van der Waals surface area contributed by atoms with Crippen LogP contribution in [0.2, 0.25) is 0 Å². The lowest BCUT2D eigenvalue weighted by molar-refractivity contribution is -0.384. The highest BCUT2D eigenvalue weighted by Crippen LogP contribution is 2.21. The first-order valence-corrected chi connectivity index (χ1v) is 5.94. The average molecular weight is 246 g/mol. The summed E-state index contributed by atoms with van der Waals surface area (Å²) in [5, 5.41) is 18.0. The highest BCUT2D eigenvalue weighted by atomic mass is 32.2. The monoisotopic (exact) mass is 246 g/mol. The standard InChI is InChI=1S/C7H10N4O4S/c8-16(14,15)4-3-10-6-1-2-9-5-7(6)11(12)13/h1-2,5H,3-4H2,(H,9,10)(H2,8,14,15). The fourth-order valence-electron chi connectivity index (χ4n) is 1.01. The third kappa shape index (κ3) is 3.79. The number of hydrogen-bond acceptors (Lipinski definition) is 6. The van der Waals surface area contributed by atoms with Crippen molar-refractivity contribution in [2.24, 2.45) is 5.14 Å². The van der Waals surface area contributed by atoms with Gasteiger partial charge in [-0.25, -0.2) is 13.6 Å². The van der Waals surface area contributed by atoms with E-state index in [9.17, 15) is 18.5 Å². The number of rotatable bonds is 5. The van der Waals surface area contributed by atoms with Gasteiger partial charge in [0.25, 0.3) is 0 Å². The predicted octanol–water partition coefficient (Wildman–Crippen LogP) is -0.310. The van der Waals surface area contributed by atoms with Crippen molar-refractivity contribution in [2.45, 2.75) is 0 Å². The molecule has 1 aromatic heterocycles. The lowest BCUT2D eigenvalue weighted by Crippen LogP contribution is -2.22. The van der Waals surface area contributed by atoms with E-state index in [4.69, 9.17) is 5.14 Å². The summed E-state index contributed by atoms with van der Waals surface area (Å²) in [6.45, 7) is 0.00366. The van der Waals surface area contributed by atoms with E-state index < -0.39 is 14.9 Å². The van der Waals surface area contributed by atoms with Crippen LogP contribution in [0.1, 0.15) is 0 Å². The lowest BCUT2D eigenvalue weighted by atomic mass is 10.3. The number of nitro groups is 1. The summed E-state index contributed by atoms with van der Waals surface area (Å²) < 4.78 is 21.3. The second-order valence-corrected chi connectivity index (χ2v) is 4.68. The van der Waals surface area contributed by atoms with Crippen LogP contribution in [-0.2, 0) is 10.0 Å². The molecule has 0 aliphatic heterocycles. The number of hydrogen-bond donors (Lipinski definition) is 2. The third-order valence-corrected chi connectivity index (χ3v) is 2.47. The normalized spacial score (nSPS) is 11.1. The molecular formula is C7H10N4O4S. The molecule has 9 heteroatoms. The van der Waals surface area contributed by atoms with E-state index >= 15 is 0 Å². The Morgan fingerprint density at radius 1 is 1.56 bits per heavy atom. The summed E-state index contributed by atoms with van der Waals surface area (Å²) in [5.41, 5.74) is 0.000527. The molecule has 16 heavy (non-hydrogen) atoms. The molecule has 0 bridgehead atoms. The van der Waals surface area contributed by atoms with Crippen LogP contribution in [0.3, 0.4) is 0 Å². The van der Waals surface area contributed by atoms with Crippen molar-refractivity contribution >= 4 is 21.4 Å². The van der Waals surface area contributed by atoms with E-state index in [1.54, 1.807) is 0 Å². The Hall–Kier alpha value is -1.74. The Labute approximate surface area is 91.7 Å². The van der Waals surface area contributed by atoms with Crippen LogP contribution in [0.5, 0.6) is 0 Å². The molecule has 1 heterocycles. The number of pyridine rings is 1. The minimum Gasteiger partial charge on any atom is -0.378 e. The molecule has 88 valence electrons. The smallest absolute Gasteiger partial charge is 0.310 e. The predicted molar refractivity (Wildman–Crippen MR) is 57.4 cm³/mol. The van der Waals surface area contributed by atoms with E-state index in [2.05, 4.69) is 10.3 Å². The van der Waals surface area contributed by atoms with E-state index in [0.717, 1.165) is 6.20 Å². The van der Waals surface area contributed by atoms with Crippen LogP contribution in [0.25, 0.3) is 0 Å². The largest absolute Gasteiger partial charge is 0.378 e. The zero-order valence-electron chi connectivity index (χ0n) is 8.16. The maximum absolute atomic E-state index is 10.6. The highest BCUT2D eigenvalue weighted by molar-refractivity contribution is 7.89. The van der Waals surface area contributed by atoms with Gasteiger partial charge < -0.3 is 5.32 Å². The van der Waals surface area contributed by atoms with Crippen molar-refractivity contribution in [1.29, 1.82) is 0 Å². The van der Waals surface area contributed by atoms with E-state index in [1.807, 2.05) is 0 Å². The molecule has 1 aromatic rings. The molecule has 0 radical (unpaired) electrons. The first kappa shape index (κ1) is 12.3. The summed E-state index contributed by atoms with van der Waals surface area (Å²) in [4.78, 5) is 13.6. The average Bonchev–Trinajstić information content (AvgIpc) is 2.16. The fraction of sp³-hybridized carbons (Fsp3) is 0.286. The summed E-state index contributed by atoms with van der Waals surface area (Å²) >= 11 is 0. The number of anilines is 1. The molecule has 0 saturated heterocycles. The number of sulfonamides is 1. The number of nitrogens with zero attached hydrogens (tertiary/aromatic N) is 2. The van der Waals surface area contributed by atoms with Crippen molar-refractivity contribution in [3.05, 3.63) is 28.6 Å². The second kappa shape index (κ2) is 4.86. The van der Waals surface area contributed by atoms with Crippen molar-refractivity contribution in [1.82, 2.24) is 4.98 Å². The Bertz CT molecular complexity index is 487. The van der Waals surface area contributed by atoms with Gasteiger partial charge in [0, 0.05) is 12.7 Å². The molecule has 0 atom stereocenters. The zero-order valence-corrected chi connectivity index (χ0v) is 8.98. The summed E-state index contributed by atoms with van der Waals surface area (Å²) in [7, 11) is -3.58. The fourth-order valence-corrected chi connectivity index (χ4v) is 1.40. The van der Waals surface area contributed by atoms with Crippen molar-refractivity contribution in [2.75, 3.05) is 17.6 Å². The SMILES string of the molecule is NS(=O)(=O)CCNc1ccncc1[N+](=O)[O-]. The van der Waals surface area contributed by atoms with Crippen LogP contribution in [0, 0.1) is 10.1 Å². The van der Waals surface area contributed by atoms with Gasteiger partial charge in [0.1, 0.15) is 11.9 Å².